The number of carboxylic acid groups (broad SMARTS) is 4. The molecule has 1 aromatic rings. The fourth-order valence-electron chi connectivity index (χ4n) is 4.83. The van der Waals surface area contributed by atoms with Gasteiger partial charge >= 0.3 is 36.2 Å². The summed E-state index contributed by atoms with van der Waals surface area (Å²) in [7, 11) is 0. The van der Waals surface area contributed by atoms with Gasteiger partial charge in [0.2, 0.25) is 0 Å². The zero-order valence-corrected chi connectivity index (χ0v) is 20.4. The third-order valence-corrected chi connectivity index (χ3v) is 7.02. The van der Waals surface area contributed by atoms with Gasteiger partial charge in [0.15, 0.2) is 0 Å². The molecule has 0 bridgehead atoms. The van der Waals surface area contributed by atoms with E-state index in [0.717, 1.165) is 25.9 Å². The van der Waals surface area contributed by atoms with Crippen LogP contribution < -0.4 is 4.90 Å². The minimum Gasteiger partial charge on any atom is -0.481 e. The second-order valence-electron chi connectivity index (χ2n) is 9.52. The summed E-state index contributed by atoms with van der Waals surface area (Å²) in [6.07, 6.45) is -8.00. The maximum Gasteiger partial charge on any atom is 0.490 e. The van der Waals surface area contributed by atoms with E-state index >= 15 is 0 Å². The summed E-state index contributed by atoms with van der Waals surface area (Å²) in [5, 5.41) is 33.4. The van der Waals surface area contributed by atoms with Crippen LogP contribution in [0.3, 0.4) is 0 Å². The van der Waals surface area contributed by atoms with Crippen molar-refractivity contribution in [1.29, 1.82) is 0 Å². The topological polar surface area (TPSA) is 156 Å². The molecule has 0 aromatic heterocycles. The van der Waals surface area contributed by atoms with Crippen molar-refractivity contribution < 1.29 is 65.9 Å². The monoisotopic (exact) mass is 572 g/mol. The second kappa shape index (κ2) is 11.3. The van der Waals surface area contributed by atoms with E-state index in [-0.39, 0.29) is 12.5 Å². The average Bonchev–Trinajstić information content (AvgIpc) is 3.37. The molecule has 2 saturated heterocycles. The van der Waals surface area contributed by atoms with Crippen LogP contribution in [0, 0.1) is 17.8 Å². The van der Waals surface area contributed by atoms with Crippen molar-refractivity contribution in [3.8, 4) is 0 Å². The number of piperidine rings is 2. The van der Waals surface area contributed by atoms with Crippen molar-refractivity contribution in [3.63, 3.8) is 0 Å². The van der Waals surface area contributed by atoms with E-state index in [1.165, 1.54) is 11.3 Å². The van der Waals surface area contributed by atoms with E-state index in [9.17, 15) is 46.1 Å². The Labute approximate surface area is 217 Å². The van der Waals surface area contributed by atoms with Crippen LogP contribution in [-0.2, 0) is 19.2 Å². The quantitative estimate of drug-likeness (QED) is 0.396. The van der Waals surface area contributed by atoms with Gasteiger partial charge in [-0.05, 0) is 38.3 Å². The molecule has 2 aliphatic heterocycles. The number of alkyl halides is 6. The van der Waals surface area contributed by atoms with Gasteiger partial charge in [0.1, 0.15) is 0 Å². The number of nitrogens with zero attached hydrogens (tertiary/aromatic N) is 2. The van der Waals surface area contributed by atoms with Crippen LogP contribution in [0.2, 0.25) is 0 Å². The lowest BCUT2D eigenvalue weighted by atomic mass is 9.97. The van der Waals surface area contributed by atoms with Crippen LogP contribution in [0.15, 0.2) is 24.3 Å². The molecule has 1 aliphatic carbocycles. The lowest BCUT2D eigenvalue weighted by Crippen LogP contribution is -2.46. The van der Waals surface area contributed by atoms with Crippen LogP contribution in [0.1, 0.15) is 24.8 Å². The highest BCUT2D eigenvalue weighted by Gasteiger charge is 2.81. The molecule has 16 heteroatoms. The maximum atomic E-state index is 11.7. The number of anilines is 1. The van der Waals surface area contributed by atoms with Gasteiger partial charge in [-0.15, -0.1) is 0 Å². The third kappa shape index (κ3) is 7.10. The number of rotatable bonds is 4. The molecule has 0 amide bonds. The standard InChI is InChI=1S/C19H24N2O4.2C2HF3O2/c1-13-2-4-14(5-3-13)20-8-6-15(7-9-20)21-11-18(16(22)23)10-19(18,12-21)17(24)25;2*3-2(4,5)1(6)7/h2-5,15H,6-12H2,1H3,(H,22,23)(H,24,25);2*(H,6,7)/t18-,19+;;. The van der Waals surface area contributed by atoms with Crippen molar-refractivity contribution in [3.05, 3.63) is 29.8 Å². The van der Waals surface area contributed by atoms with Gasteiger partial charge in [0.05, 0.1) is 10.8 Å². The van der Waals surface area contributed by atoms with Gasteiger partial charge in [-0.2, -0.15) is 26.3 Å². The molecular formula is C23H26F6N2O8. The van der Waals surface area contributed by atoms with Crippen LogP contribution in [0.5, 0.6) is 0 Å². The van der Waals surface area contributed by atoms with Gasteiger partial charge in [0.25, 0.3) is 0 Å². The summed E-state index contributed by atoms with van der Waals surface area (Å²) in [6.45, 7) is 4.67. The first-order valence-electron chi connectivity index (χ1n) is 11.4. The van der Waals surface area contributed by atoms with Gasteiger partial charge < -0.3 is 25.3 Å². The van der Waals surface area contributed by atoms with Gasteiger partial charge in [-0.25, -0.2) is 9.59 Å². The zero-order chi connectivity index (χ0) is 30.0. The number of likely N-dealkylation sites (tertiary alicyclic amines) is 1. The Kier molecular flexibility index (Phi) is 9.15. The molecule has 0 radical (unpaired) electrons. The third-order valence-electron chi connectivity index (χ3n) is 7.02. The number of aliphatic carboxylic acids is 4. The largest absolute Gasteiger partial charge is 0.490 e. The summed E-state index contributed by atoms with van der Waals surface area (Å²) < 4.78 is 63.5. The minimum atomic E-state index is -5.08. The molecule has 1 saturated carbocycles. The molecule has 0 spiro atoms. The van der Waals surface area contributed by atoms with Crippen LogP contribution in [0.25, 0.3) is 0 Å². The normalized spacial score (nSPS) is 24.8. The molecule has 4 N–H and O–H groups in total. The lowest BCUT2D eigenvalue weighted by molar-refractivity contribution is -0.193. The SMILES string of the molecule is Cc1ccc(N2CCC(N3C[C@@]4(C(=O)O)C[C@@]4(C(=O)O)C3)CC2)cc1.O=C(O)C(F)(F)F.O=C(O)C(F)(F)F. The Hall–Kier alpha value is -3.56. The molecule has 3 aliphatic rings. The van der Waals surface area contributed by atoms with E-state index in [1.54, 1.807) is 0 Å². The summed E-state index contributed by atoms with van der Waals surface area (Å²) in [5.74, 6) is -7.41. The molecule has 3 fully saturated rings. The molecule has 39 heavy (non-hydrogen) atoms. The zero-order valence-electron chi connectivity index (χ0n) is 20.4. The summed E-state index contributed by atoms with van der Waals surface area (Å²) >= 11 is 0. The predicted octanol–water partition coefficient (Wildman–Crippen LogP) is 3.09. The lowest BCUT2D eigenvalue weighted by Gasteiger charge is -2.38. The number of benzene rings is 1. The highest BCUT2D eigenvalue weighted by atomic mass is 19.4. The van der Waals surface area contributed by atoms with E-state index < -0.39 is 47.1 Å². The Morgan fingerprint density at radius 3 is 1.44 bits per heavy atom. The summed E-state index contributed by atoms with van der Waals surface area (Å²) in [4.78, 5) is 45.6. The molecule has 1 aromatic carbocycles. The Balaban J connectivity index is 0.000000317. The molecule has 2 heterocycles. The van der Waals surface area contributed by atoms with Gasteiger partial charge in [-0.1, -0.05) is 17.7 Å². The van der Waals surface area contributed by atoms with Crippen molar-refractivity contribution >= 4 is 29.6 Å². The number of hydrogen-bond acceptors (Lipinski definition) is 6. The molecular weight excluding hydrogens is 546 g/mol. The van der Waals surface area contributed by atoms with Crippen molar-refractivity contribution in [2.24, 2.45) is 10.8 Å². The Morgan fingerprint density at radius 1 is 0.769 bits per heavy atom. The molecule has 2 atom stereocenters. The van der Waals surface area contributed by atoms with Crippen molar-refractivity contribution in [1.82, 2.24) is 4.90 Å². The first kappa shape index (κ1) is 31.7. The molecule has 0 unspecified atom stereocenters. The molecule has 10 nitrogen and oxygen atoms in total. The van der Waals surface area contributed by atoms with Crippen LogP contribution in [-0.4, -0.2) is 93.8 Å². The van der Waals surface area contributed by atoms with Crippen LogP contribution >= 0.6 is 0 Å². The van der Waals surface area contributed by atoms with Crippen molar-refractivity contribution in [2.45, 2.75) is 44.6 Å². The van der Waals surface area contributed by atoms with Crippen molar-refractivity contribution in [2.75, 3.05) is 31.1 Å². The van der Waals surface area contributed by atoms with Gasteiger partial charge in [0, 0.05) is 37.9 Å². The first-order chi connectivity index (χ1) is 17.8. The number of aryl methyl sites for hydroxylation is 1. The smallest absolute Gasteiger partial charge is 0.481 e. The van der Waals surface area contributed by atoms with E-state index in [0.29, 0.717) is 13.1 Å². The fourth-order valence-corrected chi connectivity index (χ4v) is 4.83. The maximum absolute atomic E-state index is 11.7. The van der Waals surface area contributed by atoms with E-state index in [1.807, 2.05) is 0 Å². The summed E-state index contributed by atoms with van der Waals surface area (Å²) in [5.41, 5.74) is 0.338. The Bertz CT molecular complexity index is 1030. The highest BCUT2D eigenvalue weighted by Crippen LogP contribution is 2.69. The minimum absolute atomic E-state index is 0.280. The first-order valence-corrected chi connectivity index (χ1v) is 11.4. The summed E-state index contributed by atoms with van der Waals surface area (Å²) in [6, 6.07) is 8.78. The van der Waals surface area contributed by atoms with Gasteiger partial charge in [-0.3, -0.25) is 14.5 Å². The van der Waals surface area contributed by atoms with E-state index in [2.05, 4.69) is 41.0 Å². The second-order valence-corrected chi connectivity index (χ2v) is 9.52. The number of fused-ring (bicyclic) bond motifs is 1. The Morgan fingerprint density at radius 2 is 1.13 bits per heavy atom. The number of carbonyl (C=O) groups is 4. The highest BCUT2D eigenvalue weighted by molar-refractivity contribution is 5.94. The fraction of sp³-hybridized carbons (Fsp3) is 0.565. The van der Waals surface area contributed by atoms with E-state index in [4.69, 9.17) is 19.8 Å². The van der Waals surface area contributed by atoms with Crippen LogP contribution in [0.4, 0.5) is 32.0 Å². The average molecular weight is 572 g/mol. The molecule has 218 valence electrons. The predicted molar refractivity (Wildman–Crippen MR) is 120 cm³/mol. The number of carboxylic acids is 4. The number of hydrogen-bond donors (Lipinski definition) is 4. The molecule has 4 rings (SSSR count). The number of halogens is 6.